The fourth-order valence-electron chi connectivity index (χ4n) is 3.50. The van der Waals surface area contributed by atoms with Crippen molar-refractivity contribution < 1.29 is 9.53 Å². The lowest BCUT2D eigenvalue weighted by Crippen LogP contribution is -2.38. The maximum Gasteiger partial charge on any atom is 0.259 e. The van der Waals surface area contributed by atoms with Gasteiger partial charge in [-0.15, -0.1) is 11.3 Å². The topological polar surface area (TPSA) is 67.3 Å². The van der Waals surface area contributed by atoms with Crippen LogP contribution in [0.25, 0.3) is 0 Å². The molecule has 0 saturated carbocycles. The van der Waals surface area contributed by atoms with Crippen LogP contribution in [0.4, 0.5) is 5.13 Å². The number of ether oxygens (including phenoxy) is 1. The van der Waals surface area contributed by atoms with E-state index in [0.717, 1.165) is 37.2 Å². The Balaban J connectivity index is 1.56. The van der Waals surface area contributed by atoms with Crippen molar-refractivity contribution in [2.24, 2.45) is 11.8 Å². The molecular formula is C19H26N4O2S. The van der Waals surface area contributed by atoms with Gasteiger partial charge in [0.25, 0.3) is 5.91 Å². The summed E-state index contributed by atoms with van der Waals surface area (Å²) in [5.74, 6) is 1.76. The van der Waals surface area contributed by atoms with Crippen LogP contribution in [-0.2, 0) is 6.54 Å². The Labute approximate surface area is 158 Å². The van der Waals surface area contributed by atoms with Gasteiger partial charge in [-0.1, -0.05) is 13.8 Å². The van der Waals surface area contributed by atoms with E-state index in [9.17, 15) is 4.79 Å². The molecule has 1 aliphatic rings. The van der Waals surface area contributed by atoms with E-state index < -0.39 is 0 Å². The molecule has 1 fully saturated rings. The minimum Gasteiger partial charge on any atom is -0.478 e. The third-order valence-corrected chi connectivity index (χ3v) is 5.20. The average Bonchev–Trinajstić information content (AvgIpc) is 3.01. The summed E-state index contributed by atoms with van der Waals surface area (Å²) in [4.78, 5) is 23.5. The van der Waals surface area contributed by atoms with Crippen molar-refractivity contribution in [1.82, 2.24) is 14.9 Å². The number of hydrogen-bond acceptors (Lipinski definition) is 6. The number of rotatable bonds is 6. The number of likely N-dealkylation sites (tertiary alicyclic amines) is 1. The maximum absolute atomic E-state index is 12.3. The van der Waals surface area contributed by atoms with Crippen molar-refractivity contribution in [1.29, 1.82) is 0 Å². The van der Waals surface area contributed by atoms with Gasteiger partial charge < -0.3 is 4.74 Å². The van der Waals surface area contributed by atoms with E-state index in [1.54, 1.807) is 12.1 Å². The van der Waals surface area contributed by atoms with Gasteiger partial charge in [0.15, 0.2) is 5.13 Å². The van der Waals surface area contributed by atoms with E-state index >= 15 is 0 Å². The second-order valence-corrected chi connectivity index (χ2v) is 7.91. The lowest BCUT2D eigenvalue weighted by atomic mass is 9.92. The summed E-state index contributed by atoms with van der Waals surface area (Å²) < 4.78 is 5.29. The molecule has 1 N–H and O–H groups in total. The Morgan fingerprint density at radius 3 is 2.77 bits per heavy atom. The number of hydrogen-bond donors (Lipinski definition) is 1. The Bertz CT molecular complexity index is 721. The van der Waals surface area contributed by atoms with Crippen LogP contribution in [0, 0.1) is 11.8 Å². The number of nitrogens with one attached hydrogen (secondary N) is 1. The van der Waals surface area contributed by atoms with E-state index in [-0.39, 0.29) is 5.91 Å². The van der Waals surface area contributed by atoms with Crippen LogP contribution in [0.2, 0.25) is 0 Å². The molecule has 2 unspecified atom stereocenters. The predicted molar refractivity (Wildman–Crippen MR) is 104 cm³/mol. The summed E-state index contributed by atoms with van der Waals surface area (Å²) in [5.41, 5.74) is 1.50. The second kappa shape index (κ2) is 8.60. The standard InChI is InChI=1S/C19H26N4O2S/c1-4-25-17-6-5-15(8-20-17)18(24)22-19-21-16(12-26-19)11-23-9-13(2)7-14(3)10-23/h5-6,8,12-14H,4,7,9-11H2,1-3H3,(H,21,22,24). The van der Waals surface area contributed by atoms with Crippen molar-refractivity contribution in [3.05, 3.63) is 35.0 Å². The van der Waals surface area contributed by atoms with Gasteiger partial charge in [-0.25, -0.2) is 9.97 Å². The molecule has 1 aliphatic heterocycles. The Morgan fingerprint density at radius 2 is 2.12 bits per heavy atom. The van der Waals surface area contributed by atoms with Crippen LogP contribution < -0.4 is 10.1 Å². The van der Waals surface area contributed by atoms with Crippen molar-refractivity contribution in [2.45, 2.75) is 33.7 Å². The molecule has 2 atom stereocenters. The van der Waals surface area contributed by atoms with Crippen molar-refractivity contribution in [3.8, 4) is 5.88 Å². The van der Waals surface area contributed by atoms with Crippen LogP contribution in [0.1, 0.15) is 43.2 Å². The minimum atomic E-state index is -0.207. The second-order valence-electron chi connectivity index (χ2n) is 7.06. The fourth-order valence-corrected chi connectivity index (χ4v) is 4.20. The molecule has 1 saturated heterocycles. The van der Waals surface area contributed by atoms with Gasteiger partial charge >= 0.3 is 0 Å². The molecule has 0 aromatic carbocycles. The zero-order valence-corrected chi connectivity index (χ0v) is 16.4. The summed E-state index contributed by atoms with van der Waals surface area (Å²) >= 11 is 1.46. The van der Waals surface area contributed by atoms with Gasteiger partial charge in [0.2, 0.25) is 5.88 Å². The van der Waals surface area contributed by atoms with Crippen molar-refractivity contribution in [2.75, 3.05) is 25.0 Å². The van der Waals surface area contributed by atoms with Crippen molar-refractivity contribution in [3.63, 3.8) is 0 Å². The van der Waals surface area contributed by atoms with Crippen LogP contribution in [0.5, 0.6) is 5.88 Å². The molecule has 2 aromatic heterocycles. The lowest BCUT2D eigenvalue weighted by Gasteiger charge is -2.34. The molecule has 7 heteroatoms. The molecule has 6 nitrogen and oxygen atoms in total. The van der Waals surface area contributed by atoms with Gasteiger partial charge in [-0.2, -0.15) is 0 Å². The number of pyridine rings is 1. The number of amides is 1. The highest BCUT2D eigenvalue weighted by molar-refractivity contribution is 7.13. The van der Waals surface area contributed by atoms with Gasteiger partial charge in [0.1, 0.15) is 0 Å². The van der Waals surface area contributed by atoms with E-state index in [4.69, 9.17) is 4.74 Å². The number of carbonyl (C=O) groups is 1. The van der Waals surface area contributed by atoms with E-state index in [1.807, 2.05) is 12.3 Å². The molecule has 26 heavy (non-hydrogen) atoms. The first-order valence-corrected chi connectivity index (χ1v) is 9.98. The zero-order valence-electron chi connectivity index (χ0n) is 15.6. The smallest absolute Gasteiger partial charge is 0.259 e. The lowest BCUT2D eigenvalue weighted by molar-refractivity contribution is 0.102. The van der Waals surface area contributed by atoms with Crippen LogP contribution in [-0.4, -0.2) is 40.5 Å². The summed E-state index contributed by atoms with van der Waals surface area (Å²) in [6, 6.07) is 3.41. The fraction of sp³-hybridized carbons (Fsp3) is 0.526. The monoisotopic (exact) mass is 374 g/mol. The number of anilines is 1. The number of aromatic nitrogens is 2. The number of carbonyl (C=O) groups excluding carboxylic acids is 1. The molecule has 3 rings (SSSR count). The minimum absolute atomic E-state index is 0.207. The molecule has 1 amide bonds. The predicted octanol–water partition coefficient (Wildman–Crippen LogP) is 3.67. The number of nitrogens with zero attached hydrogens (tertiary/aromatic N) is 3. The van der Waals surface area contributed by atoms with Crippen molar-refractivity contribution >= 4 is 22.4 Å². The molecule has 2 aromatic rings. The van der Waals surface area contributed by atoms with Gasteiger partial charge in [0.05, 0.1) is 17.9 Å². The molecular weight excluding hydrogens is 348 g/mol. The Kier molecular flexibility index (Phi) is 6.21. The maximum atomic E-state index is 12.3. The summed E-state index contributed by atoms with van der Waals surface area (Å²) in [6.45, 7) is 10.1. The number of thiazole rings is 1. The van der Waals surface area contributed by atoms with Crippen LogP contribution in [0.15, 0.2) is 23.7 Å². The van der Waals surface area contributed by atoms with E-state index in [2.05, 4.69) is 34.0 Å². The zero-order chi connectivity index (χ0) is 18.5. The highest BCUT2D eigenvalue weighted by atomic mass is 32.1. The average molecular weight is 375 g/mol. The quantitative estimate of drug-likeness (QED) is 0.836. The number of piperidine rings is 1. The van der Waals surface area contributed by atoms with Gasteiger partial charge in [0, 0.05) is 37.3 Å². The molecule has 140 valence electrons. The largest absolute Gasteiger partial charge is 0.478 e. The van der Waals surface area contributed by atoms with Crippen LogP contribution in [0.3, 0.4) is 0 Å². The van der Waals surface area contributed by atoms with Gasteiger partial charge in [-0.05, 0) is 31.2 Å². The first-order chi connectivity index (χ1) is 12.5. The highest BCUT2D eigenvalue weighted by Crippen LogP contribution is 2.24. The normalized spacial score (nSPS) is 20.7. The molecule has 0 aliphatic carbocycles. The summed E-state index contributed by atoms with van der Waals surface area (Å²) in [5, 5.41) is 5.50. The van der Waals surface area contributed by atoms with E-state index in [1.165, 1.54) is 24.0 Å². The third kappa shape index (κ3) is 5.02. The summed E-state index contributed by atoms with van der Waals surface area (Å²) in [7, 11) is 0. The van der Waals surface area contributed by atoms with E-state index in [0.29, 0.717) is 23.2 Å². The Hall–Kier alpha value is -1.99. The third-order valence-electron chi connectivity index (χ3n) is 4.39. The first kappa shape index (κ1) is 18.8. The Morgan fingerprint density at radius 1 is 1.35 bits per heavy atom. The highest BCUT2D eigenvalue weighted by Gasteiger charge is 2.22. The van der Waals surface area contributed by atoms with Crippen LogP contribution >= 0.6 is 11.3 Å². The molecule has 0 bridgehead atoms. The molecule has 0 radical (unpaired) electrons. The SMILES string of the molecule is CCOc1ccc(C(=O)Nc2nc(CN3CC(C)CC(C)C3)cs2)cn1. The van der Waals surface area contributed by atoms with Gasteiger partial charge in [-0.3, -0.25) is 15.0 Å². The first-order valence-electron chi connectivity index (χ1n) is 9.10. The summed E-state index contributed by atoms with van der Waals surface area (Å²) in [6.07, 6.45) is 2.82. The molecule has 3 heterocycles. The molecule has 0 spiro atoms.